The molecule has 1 aromatic heterocycles. The van der Waals surface area contributed by atoms with Crippen LogP contribution in [-0.2, 0) is 10.0 Å². The molecule has 0 aliphatic carbocycles. The summed E-state index contributed by atoms with van der Waals surface area (Å²) in [6, 6.07) is 12.7. The first kappa shape index (κ1) is 15.5. The minimum atomic E-state index is -3.70. The monoisotopic (exact) mass is 349 g/mol. The third-order valence-electron chi connectivity index (χ3n) is 3.02. The van der Waals surface area contributed by atoms with Gasteiger partial charge in [-0.1, -0.05) is 17.7 Å². The molecule has 8 heteroatoms. The highest BCUT2D eigenvalue weighted by molar-refractivity contribution is 7.92. The Balaban J connectivity index is 1.83. The number of aryl methyl sites for hydroxylation is 1. The predicted octanol–water partition coefficient (Wildman–Crippen LogP) is 3.50. The summed E-state index contributed by atoms with van der Waals surface area (Å²) in [6.45, 7) is 1.70. The first-order chi connectivity index (χ1) is 10.9. The molecule has 118 valence electrons. The van der Waals surface area contributed by atoms with Crippen molar-refractivity contribution in [2.24, 2.45) is 0 Å². The van der Waals surface area contributed by atoms with E-state index in [1.807, 2.05) is 0 Å². The lowest BCUT2D eigenvalue weighted by Crippen LogP contribution is -2.12. The number of hydrogen-bond acceptors (Lipinski definition) is 5. The molecule has 0 spiro atoms. The van der Waals surface area contributed by atoms with Gasteiger partial charge in [-0.25, -0.2) is 8.42 Å². The highest BCUT2D eigenvalue weighted by atomic mass is 35.5. The van der Waals surface area contributed by atoms with Crippen LogP contribution in [-0.4, -0.2) is 18.6 Å². The number of sulfonamides is 1. The van der Waals surface area contributed by atoms with Gasteiger partial charge in [0.1, 0.15) is 0 Å². The lowest BCUT2D eigenvalue weighted by molar-refractivity contribution is 0.533. The molecule has 0 radical (unpaired) electrons. The van der Waals surface area contributed by atoms with Crippen LogP contribution in [0.5, 0.6) is 0 Å². The second-order valence-corrected chi connectivity index (χ2v) is 6.89. The minimum Gasteiger partial charge on any atom is -0.421 e. The number of nitrogens with zero attached hydrogens (tertiary/aromatic N) is 2. The fraction of sp³-hybridized carbons (Fsp3) is 0.0667. The molecule has 6 nitrogen and oxygen atoms in total. The van der Waals surface area contributed by atoms with Gasteiger partial charge in [0.15, 0.2) is 0 Å². The van der Waals surface area contributed by atoms with Crippen molar-refractivity contribution in [1.29, 1.82) is 0 Å². The number of hydrogen-bond donors (Lipinski definition) is 1. The summed E-state index contributed by atoms with van der Waals surface area (Å²) < 4.78 is 32.4. The largest absolute Gasteiger partial charge is 0.421 e. The molecule has 3 aromatic rings. The first-order valence-electron chi connectivity index (χ1n) is 6.63. The minimum absolute atomic E-state index is 0.0987. The fourth-order valence-electron chi connectivity index (χ4n) is 1.94. The van der Waals surface area contributed by atoms with Crippen molar-refractivity contribution in [3.63, 3.8) is 0 Å². The van der Waals surface area contributed by atoms with Gasteiger partial charge in [0.2, 0.25) is 11.8 Å². The van der Waals surface area contributed by atoms with Crippen LogP contribution in [0.3, 0.4) is 0 Å². The van der Waals surface area contributed by atoms with Crippen LogP contribution in [0.4, 0.5) is 5.69 Å². The van der Waals surface area contributed by atoms with Gasteiger partial charge in [0.05, 0.1) is 4.90 Å². The van der Waals surface area contributed by atoms with Crippen molar-refractivity contribution in [3.8, 4) is 11.5 Å². The summed E-state index contributed by atoms with van der Waals surface area (Å²) in [5, 5.41) is 8.02. The number of anilines is 1. The van der Waals surface area contributed by atoms with E-state index in [1.165, 1.54) is 12.1 Å². The smallest absolute Gasteiger partial charge is 0.261 e. The van der Waals surface area contributed by atoms with Crippen molar-refractivity contribution >= 4 is 27.3 Å². The molecule has 0 saturated carbocycles. The van der Waals surface area contributed by atoms with E-state index in [2.05, 4.69) is 14.9 Å². The Morgan fingerprint density at radius 3 is 2.43 bits per heavy atom. The third kappa shape index (κ3) is 3.52. The summed E-state index contributed by atoms with van der Waals surface area (Å²) in [6.07, 6.45) is 0. The molecule has 0 aliphatic heterocycles. The van der Waals surface area contributed by atoms with E-state index in [0.717, 1.165) is 0 Å². The Kier molecular flexibility index (Phi) is 4.06. The van der Waals surface area contributed by atoms with Gasteiger partial charge in [-0.2, -0.15) is 0 Å². The van der Waals surface area contributed by atoms with E-state index in [9.17, 15) is 8.42 Å². The van der Waals surface area contributed by atoms with Crippen LogP contribution < -0.4 is 4.72 Å². The van der Waals surface area contributed by atoms with E-state index in [-0.39, 0.29) is 4.90 Å². The SMILES string of the molecule is Cc1nnc(-c2ccc(NS(=O)(=O)c3cccc(Cl)c3)cc2)o1. The number of halogens is 1. The summed E-state index contributed by atoms with van der Waals surface area (Å²) in [4.78, 5) is 0.0987. The van der Waals surface area contributed by atoms with E-state index >= 15 is 0 Å². The van der Waals surface area contributed by atoms with Gasteiger partial charge < -0.3 is 4.42 Å². The molecular weight excluding hydrogens is 338 g/mol. The Morgan fingerprint density at radius 2 is 1.83 bits per heavy atom. The molecule has 23 heavy (non-hydrogen) atoms. The predicted molar refractivity (Wildman–Crippen MR) is 86.7 cm³/mol. The van der Waals surface area contributed by atoms with Crippen molar-refractivity contribution in [2.75, 3.05) is 4.72 Å². The van der Waals surface area contributed by atoms with Crippen LogP contribution in [0.25, 0.3) is 11.5 Å². The maximum Gasteiger partial charge on any atom is 0.261 e. The second-order valence-electron chi connectivity index (χ2n) is 4.77. The van der Waals surface area contributed by atoms with Crippen LogP contribution >= 0.6 is 11.6 Å². The third-order valence-corrected chi connectivity index (χ3v) is 4.63. The molecule has 1 heterocycles. The standard InChI is InChI=1S/C15H12ClN3O3S/c1-10-17-18-15(22-10)11-5-7-13(8-6-11)19-23(20,21)14-4-2-3-12(16)9-14/h2-9,19H,1H3. The molecule has 0 unspecified atom stereocenters. The highest BCUT2D eigenvalue weighted by Crippen LogP contribution is 2.23. The molecule has 3 rings (SSSR count). The summed E-state index contributed by atoms with van der Waals surface area (Å²) >= 11 is 5.83. The number of rotatable bonds is 4. The van der Waals surface area contributed by atoms with Crippen LogP contribution in [0.15, 0.2) is 57.8 Å². The highest BCUT2D eigenvalue weighted by Gasteiger charge is 2.15. The zero-order valence-electron chi connectivity index (χ0n) is 12.0. The fourth-order valence-corrected chi connectivity index (χ4v) is 3.30. The van der Waals surface area contributed by atoms with Crippen molar-refractivity contribution in [2.45, 2.75) is 11.8 Å². The summed E-state index contributed by atoms with van der Waals surface area (Å²) in [7, 11) is -3.70. The van der Waals surface area contributed by atoms with Gasteiger partial charge in [0, 0.05) is 23.2 Å². The van der Waals surface area contributed by atoms with Gasteiger partial charge >= 0.3 is 0 Å². The van der Waals surface area contributed by atoms with Gasteiger partial charge in [-0.15, -0.1) is 10.2 Å². The van der Waals surface area contributed by atoms with Crippen LogP contribution in [0.2, 0.25) is 5.02 Å². The zero-order valence-corrected chi connectivity index (χ0v) is 13.6. The van der Waals surface area contributed by atoms with Gasteiger partial charge in [0.25, 0.3) is 10.0 Å². The summed E-state index contributed by atoms with van der Waals surface area (Å²) in [5.74, 6) is 0.845. The van der Waals surface area contributed by atoms with Gasteiger partial charge in [-0.3, -0.25) is 4.72 Å². The normalized spacial score (nSPS) is 11.4. The Hall–Kier alpha value is -2.38. The number of nitrogens with one attached hydrogen (secondary N) is 1. The van der Waals surface area contributed by atoms with Crippen molar-refractivity contribution in [1.82, 2.24) is 10.2 Å². The lowest BCUT2D eigenvalue weighted by atomic mass is 10.2. The van der Waals surface area contributed by atoms with Gasteiger partial charge in [-0.05, 0) is 42.5 Å². The topological polar surface area (TPSA) is 85.1 Å². The first-order valence-corrected chi connectivity index (χ1v) is 8.49. The molecule has 0 amide bonds. The molecule has 0 aliphatic rings. The van der Waals surface area contributed by atoms with Crippen molar-refractivity contribution in [3.05, 3.63) is 59.4 Å². The number of aromatic nitrogens is 2. The number of benzene rings is 2. The van der Waals surface area contributed by atoms with Crippen LogP contribution in [0, 0.1) is 6.92 Å². The average molecular weight is 350 g/mol. The van der Waals surface area contributed by atoms with E-state index in [0.29, 0.717) is 28.1 Å². The quantitative estimate of drug-likeness (QED) is 0.779. The molecule has 0 bridgehead atoms. The van der Waals surface area contributed by atoms with E-state index < -0.39 is 10.0 Å². The molecule has 0 atom stereocenters. The Bertz CT molecular complexity index is 937. The molecule has 1 N–H and O–H groups in total. The molecule has 2 aromatic carbocycles. The van der Waals surface area contributed by atoms with Crippen molar-refractivity contribution < 1.29 is 12.8 Å². The molecule has 0 saturated heterocycles. The molecule has 0 fully saturated rings. The maximum atomic E-state index is 12.3. The Labute approximate surface area is 138 Å². The summed E-state index contributed by atoms with van der Waals surface area (Å²) in [5.41, 5.74) is 1.13. The Morgan fingerprint density at radius 1 is 1.09 bits per heavy atom. The average Bonchev–Trinajstić information content (AvgIpc) is 2.94. The van der Waals surface area contributed by atoms with E-state index in [1.54, 1.807) is 43.3 Å². The van der Waals surface area contributed by atoms with E-state index in [4.69, 9.17) is 16.0 Å². The zero-order chi connectivity index (χ0) is 16.4. The maximum absolute atomic E-state index is 12.3. The second kappa shape index (κ2) is 6.02. The lowest BCUT2D eigenvalue weighted by Gasteiger charge is -2.08. The van der Waals surface area contributed by atoms with Crippen LogP contribution in [0.1, 0.15) is 5.89 Å². The molecular formula is C15H12ClN3O3S.